The van der Waals surface area contributed by atoms with Gasteiger partial charge in [0.15, 0.2) is 0 Å². The maximum Gasteiger partial charge on any atom is 0.224 e. The summed E-state index contributed by atoms with van der Waals surface area (Å²) < 4.78 is 0. The molecule has 2 heterocycles. The average molecular weight is 263 g/mol. The van der Waals surface area contributed by atoms with E-state index in [1.807, 2.05) is 30.3 Å². The Morgan fingerprint density at radius 1 is 1.16 bits per heavy atom. The number of hydrogen-bond donors (Lipinski definition) is 3. The fraction of sp³-hybridized carbons (Fsp3) is 0.500. The van der Waals surface area contributed by atoms with Crippen LogP contribution in [0.1, 0.15) is 17.9 Å². The molecule has 102 valence electrons. The van der Waals surface area contributed by atoms with Crippen LogP contribution in [0, 0.1) is 0 Å². The molecule has 2 saturated heterocycles. The molecule has 0 saturated carbocycles. The second-order valence-corrected chi connectivity index (χ2v) is 5.24. The predicted octanol–water partition coefficient (Wildman–Crippen LogP) is -0.533. The normalized spacial score (nSPS) is 37.7. The summed E-state index contributed by atoms with van der Waals surface area (Å²) >= 11 is 0. The van der Waals surface area contributed by atoms with Crippen molar-refractivity contribution in [1.82, 2.24) is 4.90 Å². The zero-order valence-electron chi connectivity index (χ0n) is 10.4. The first-order valence-corrected chi connectivity index (χ1v) is 6.48. The van der Waals surface area contributed by atoms with Crippen molar-refractivity contribution in [3.63, 3.8) is 0 Å². The van der Waals surface area contributed by atoms with Crippen molar-refractivity contribution in [2.24, 2.45) is 0 Å². The Kier molecular flexibility index (Phi) is 3.05. The summed E-state index contributed by atoms with van der Waals surface area (Å²) in [5, 5.41) is 29.4. The lowest BCUT2D eigenvalue weighted by molar-refractivity contribution is -0.131. The topological polar surface area (TPSA) is 81.0 Å². The highest BCUT2D eigenvalue weighted by molar-refractivity contribution is 5.82. The first kappa shape index (κ1) is 12.6. The van der Waals surface area contributed by atoms with Gasteiger partial charge in [-0.2, -0.15) is 0 Å². The molecule has 0 bridgehead atoms. The van der Waals surface area contributed by atoms with Crippen molar-refractivity contribution in [3.8, 4) is 0 Å². The second kappa shape index (κ2) is 4.59. The average Bonchev–Trinajstić information content (AvgIpc) is 2.89. The van der Waals surface area contributed by atoms with Crippen LogP contribution in [0.3, 0.4) is 0 Å². The van der Waals surface area contributed by atoms with Crippen LogP contribution in [0.15, 0.2) is 30.3 Å². The third-order valence-electron chi connectivity index (χ3n) is 4.28. The number of hydrogen-bond acceptors (Lipinski definition) is 4. The maximum absolute atomic E-state index is 12.1. The minimum absolute atomic E-state index is 0.117. The molecule has 2 fully saturated rings. The number of nitrogens with zero attached hydrogens (tertiary/aromatic N) is 1. The highest BCUT2D eigenvalue weighted by Gasteiger charge is 2.56. The molecule has 0 aliphatic carbocycles. The van der Waals surface area contributed by atoms with Crippen molar-refractivity contribution < 1.29 is 20.1 Å². The third-order valence-corrected chi connectivity index (χ3v) is 4.28. The van der Waals surface area contributed by atoms with Crippen LogP contribution in [0.25, 0.3) is 0 Å². The summed E-state index contributed by atoms with van der Waals surface area (Å²) in [7, 11) is 0. The van der Waals surface area contributed by atoms with E-state index in [1.165, 1.54) is 4.90 Å². The van der Waals surface area contributed by atoms with Gasteiger partial charge in [-0.25, -0.2) is 0 Å². The van der Waals surface area contributed by atoms with Gasteiger partial charge in [0.25, 0.3) is 0 Å². The first-order valence-electron chi connectivity index (χ1n) is 6.48. The minimum Gasteiger partial charge on any atom is -0.394 e. The number of fused-ring (bicyclic) bond motifs is 1. The summed E-state index contributed by atoms with van der Waals surface area (Å²) in [4.78, 5) is 13.6. The minimum atomic E-state index is -1.08. The molecule has 5 heteroatoms. The van der Waals surface area contributed by atoms with E-state index in [0.29, 0.717) is 6.42 Å². The van der Waals surface area contributed by atoms with Gasteiger partial charge >= 0.3 is 0 Å². The lowest BCUT2D eigenvalue weighted by Gasteiger charge is -2.25. The molecule has 1 amide bonds. The van der Waals surface area contributed by atoms with Gasteiger partial charge in [0.1, 0.15) is 12.2 Å². The quantitative estimate of drug-likeness (QED) is 0.670. The zero-order valence-corrected chi connectivity index (χ0v) is 10.4. The van der Waals surface area contributed by atoms with Gasteiger partial charge in [-0.1, -0.05) is 30.3 Å². The highest BCUT2D eigenvalue weighted by Crippen LogP contribution is 2.42. The van der Waals surface area contributed by atoms with E-state index in [4.69, 9.17) is 0 Å². The number of aliphatic hydroxyl groups is 3. The predicted molar refractivity (Wildman–Crippen MR) is 67.3 cm³/mol. The molecule has 0 aromatic heterocycles. The van der Waals surface area contributed by atoms with Crippen LogP contribution < -0.4 is 0 Å². The van der Waals surface area contributed by atoms with Crippen molar-refractivity contribution >= 4 is 5.91 Å². The highest BCUT2D eigenvalue weighted by atomic mass is 16.3. The summed E-state index contributed by atoms with van der Waals surface area (Å²) in [6.45, 7) is -0.331. The smallest absolute Gasteiger partial charge is 0.224 e. The van der Waals surface area contributed by atoms with E-state index in [0.717, 1.165) is 5.56 Å². The van der Waals surface area contributed by atoms with Crippen molar-refractivity contribution in [1.29, 1.82) is 0 Å². The Hall–Kier alpha value is -1.43. The summed E-state index contributed by atoms with van der Waals surface area (Å²) in [6, 6.07) is 8.39. The molecule has 1 aromatic rings. The van der Waals surface area contributed by atoms with Crippen LogP contribution in [0.4, 0.5) is 0 Å². The molecule has 3 N–H and O–H groups in total. The molecule has 5 nitrogen and oxygen atoms in total. The Morgan fingerprint density at radius 3 is 2.47 bits per heavy atom. The molecular formula is C14H17NO4. The van der Waals surface area contributed by atoms with Crippen LogP contribution >= 0.6 is 0 Å². The van der Waals surface area contributed by atoms with Gasteiger partial charge in [0.05, 0.1) is 18.7 Å². The summed E-state index contributed by atoms with van der Waals surface area (Å²) in [5.41, 5.74) is 0.980. The number of carbonyl (C=O) groups excluding carboxylic acids is 1. The van der Waals surface area contributed by atoms with Crippen LogP contribution in [0.5, 0.6) is 0 Å². The molecular weight excluding hydrogens is 246 g/mol. The van der Waals surface area contributed by atoms with Crippen LogP contribution in [0.2, 0.25) is 0 Å². The maximum atomic E-state index is 12.1. The monoisotopic (exact) mass is 263 g/mol. The molecule has 2 aliphatic heterocycles. The van der Waals surface area contributed by atoms with Crippen molar-refractivity contribution in [2.75, 3.05) is 6.61 Å². The van der Waals surface area contributed by atoms with E-state index in [1.54, 1.807) is 0 Å². The molecule has 0 spiro atoms. The van der Waals surface area contributed by atoms with Gasteiger partial charge in [-0.3, -0.25) is 4.79 Å². The first-order chi connectivity index (χ1) is 9.15. The fourth-order valence-corrected chi connectivity index (χ4v) is 3.39. The standard InChI is InChI=1S/C14H17NO4/c16-7-10-13(18)14(19)12-9(6-11(17)15(10)12)8-4-2-1-3-5-8/h1-5,9-10,12-14,16,18-19H,6-7H2/t9-,10+,12+,13+,14+/m1/s1. The number of aliphatic hydroxyl groups excluding tert-OH is 3. The Bertz CT molecular complexity index is 478. The number of amides is 1. The molecule has 2 aliphatic rings. The molecule has 1 aromatic carbocycles. The zero-order chi connectivity index (χ0) is 13.6. The summed E-state index contributed by atoms with van der Waals surface area (Å²) in [6.07, 6.45) is -1.77. The second-order valence-electron chi connectivity index (χ2n) is 5.24. The van der Waals surface area contributed by atoms with Crippen LogP contribution in [-0.2, 0) is 4.79 Å². The van der Waals surface area contributed by atoms with E-state index in [-0.39, 0.29) is 18.4 Å². The molecule has 0 unspecified atom stereocenters. The van der Waals surface area contributed by atoms with Gasteiger partial charge in [-0.05, 0) is 5.56 Å². The fourth-order valence-electron chi connectivity index (χ4n) is 3.39. The van der Waals surface area contributed by atoms with E-state index >= 15 is 0 Å². The third kappa shape index (κ3) is 1.77. The van der Waals surface area contributed by atoms with Gasteiger partial charge in [-0.15, -0.1) is 0 Å². The number of carbonyl (C=O) groups is 1. The van der Waals surface area contributed by atoms with Crippen molar-refractivity contribution in [3.05, 3.63) is 35.9 Å². The Balaban J connectivity index is 1.97. The molecule has 0 radical (unpaired) electrons. The van der Waals surface area contributed by atoms with Gasteiger partial charge < -0.3 is 20.2 Å². The number of rotatable bonds is 2. The van der Waals surface area contributed by atoms with E-state index < -0.39 is 24.3 Å². The lowest BCUT2D eigenvalue weighted by Crippen LogP contribution is -2.41. The number of benzene rings is 1. The van der Waals surface area contributed by atoms with Crippen molar-refractivity contribution in [2.45, 2.75) is 36.6 Å². The largest absolute Gasteiger partial charge is 0.394 e. The van der Waals surface area contributed by atoms with Gasteiger partial charge in [0.2, 0.25) is 5.91 Å². The lowest BCUT2D eigenvalue weighted by atomic mass is 9.88. The summed E-state index contributed by atoms with van der Waals surface area (Å²) in [5.74, 6) is -0.247. The Labute approximate surface area is 111 Å². The van der Waals surface area contributed by atoms with E-state index in [9.17, 15) is 20.1 Å². The molecule has 3 rings (SSSR count). The molecule has 5 atom stereocenters. The molecule has 19 heavy (non-hydrogen) atoms. The Morgan fingerprint density at radius 2 is 1.84 bits per heavy atom. The van der Waals surface area contributed by atoms with E-state index in [2.05, 4.69) is 0 Å². The van der Waals surface area contributed by atoms with Gasteiger partial charge in [0, 0.05) is 12.3 Å². The van der Waals surface area contributed by atoms with Crippen LogP contribution in [-0.4, -0.2) is 57.0 Å². The SMILES string of the molecule is O=C1C[C@H](c2ccccc2)[C@H]2[C@H](O)[C@@H](O)[C@H](CO)N12.